The van der Waals surface area contributed by atoms with E-state index in [4.69, 9.17) is 5.11 Å². The summed E-state index contributed by atoms with van der Waals surface area (Å²) in [5.41, 5.74) is 0.0437. The fourth-order valence-corrected chi connectivity index (χ4v) is 1.39. The summed E-state index contributed by atoms with van der Waals surface area (Å²) in [6.07, 6.45) is -5.51. The molecule has 0 fully saturated rings. The van der Waals surface area contributed by atoms with E-state index in [0.29, 0.717) is 6.07 Å². The van der Waals surface area contributed by atoms with Gasteiger partial charge in [-0.1, -0.05) is 6.07 Å². The topological polar surface area (TPSA) is 55.8 Å². The number of aryl methyl sites for hydroxylation is 1. The molecule has 9 heteroatoms. The summed E-state index contributed by atoms with van der Waals surface area (Å²) in [5, 5.41) is 8.49. The molecule has 0 aliphatic heterocycles. The Morgan fingerprint density at radius 3 is 2.45 bits per heavy atom. The molecule has 20 heavy (non-hydrogen) atoms. The average molecular weight is 300 g/mol. The Bertz CT molecular complexity index is 472. The molecular weight excluding hydrogens is 291 g/mol. The first-order valence-electron chi connectivity index (χ1n) is 5.22. The van der Waals surface area contributed by atoms with Crippen LogP contribution in [0.1, 0.15) is 12.0 Å². The van der Waals surface area contributed by atoms with E-state index in [9.17, 15) is 26.7 Å². The van der Waals surface area contributed by atoms with Gasteiger partial charge in [-0.25, -0.2) is 0 Å². The number of aliphatic carboxylic acids is 1. The number of ether oxygens (including phenoxy) is 2. The third-order valence-corrected chi connectivity index (χ3v) is 2.10. The summed E-state index contributed by atoms with van der Waals surface area (Å²) in [7, 11) is 0. The maximum absolute atomic E-state index is 12.2. The van der Waals surface area contributed by atoms with E-state index >= 15 is 0 Å². The minimum atomic E-state index is -4.97. The fourth-order valence-electron chi connectivity index (χ4n) is 1.39. The number of rotatable bonds is 6. The van der Waals surface area contributed by atoms with Gasteiger partial charge in [0.1, 0.15) is 11.5 Å². The van der Waals surface area contributed by atoms with Crippen molar-refractivity contribution < 1.29 is 41.3 Å². The van der Waals surface area contributed by atoms with Gasteiger partial charge in [-0.05, 0) is 18.1 Å². The van der Waals surface area contributed by atoms with Crippen molar-refractivity contribution in [2.45, 2.75) is 25.8 Å². The molecule has 0 aliphatic rings. The number of halogens is 5. The molecule has 112 valence electrons. The highest BCUT2D eigenvalue weighted by Gasteiger charge is 2.31. The predicted octanol–water partition coefficient (Wildman–Crippen LogP) is 3.20. The van der Waals surface area contributed by atoms with Gasteiger partial charge in [-0.3, -0.25) is 4.79 Å². The lowest BCUT2D eigenvalue weighted by molar-refractivity contribution is -0.274. The highest BCUT2D eigenvalue weighted by molar-refractivity contribution is 5.67. The monoisotopic (exact) mass is 300 g/mol. The first-order chi connectivity index (χ1) is 9.17. The van der Waals surface area contributed by atoms with Crippen LogP contribution in [0.5, 0.6) is 11.5 Å². The summed E-state index contributed by atoms with van der Waals surface area (Å²) < 4.78 is 68.0. The molecule has 1 rings (SSSR count). The van der Waals surface area contributed by atoms with E-state index in [1.807, 2.05) is 0 Å². The largest absolute Gasteiger partial charge is 0.573 e. The van der Waals surface area contributed by atoms with Gasteiger partial charge in [0.25, 0.3) is 0 Å². The second-order valence-corrected chi connectivity index (χ2v) is 3.59. The second kappa shape index (κ2) is 6.40. The molecule has 0 saturated heterocycles. The van der Waals surface area contributed by atoms with Gasteiger partial charge >= 0.3 is 18.9 Å². The average Bonchev–Trinajstić information content (AvgIpc) is 2.24. The van der Waals surface area contributed by atoms with Gasteiger partial charge in [-0.15, -0.1) is 13.2 Å². The highest BCUT2D eigenvalue weighted by Crippen LogP contribution is 2.30. The van der Waals surface area contributed by atoms with Crippen LogP contribution in [0.15, 0.2) is 18.2 Å². The fraction of sp³-hybridized carbons (Fsp3) is 0.364. The highest BCUT2D eigenvalue weighted by atomic mass is 19.4. The van der Waals surface area contributed by atoms with Crippen molar-refractivity contribution in [3.8, 4) is 11.5 Å². The molecule has 0 spiro atoms. The van der Waals surface area contributed by atoms with Crippen molar-refractivity contribution >= 4 is 5.97 Å². The first kappa shape index (κ1) is 16.0. The Kier molecular flexibility index (Phi) is 5.12. The van der Waals surface area contributed by atoms with Crippen LogP contribution in [0.3, 0.4) is 0 Å². The van der Waals surface area contributed by atoms with E-state index in [2.05, 4.69) is 9.47 Å². The van der Waals surface area contributed by atoms with Crippen LogP contribution in [-0.4, -0.2) is 24.0 Å². The zero-order valence-corrected chi connectivity index (χ0v) is 9.79. The molecule has 0 atom stereocenters. The van der Waals surface area contributed by atoms with E-state index in [-0.39, 0.29) is 18.4 Å². The van der Waals surface area contributed by atoms with Gasteiger partial charge in [-0.2, -0.15) is 8.78 Å². The van der Waals surface area contributed by atoms with Crippen LogP contribution in [0.2, 0.25) is 0 Å². The number of hydrogen-bond donors (Lipinski definition) is 1. The minimum Gasteiger partial charge on any atom is -0.481 e. The molecule has 0 amide bonds. The van der Waals surface area contributed by atoms with Crippen LogP contribution in [-0.2, 0) is 11.2 Å². The number of benzene rings is 1. The second-order valence-electron chi connectivity index (χ2n) is 3.59. The van der Waals surface area contributed by atoms with Gasteiger partial charge < -0.3 is 14.6 Å². The quantitative estimate of drug-likeness (QED) is 0.820. The molecule has 0 aliphatic carbocycles. The van der Waals surface area contributed by atoms with Crippen molar-refractivity contribution in [2.24, 2.45) is 0 Å². The third kappa shape index (κ3) is 5.72. The summed E-state index contributed by atoms with van der Waals surface area (Å²) in [5.74, 6) is -2.46. The molecule has 1 aromatic carbocycles. The zero-order valence-electron chi connectivity index (χ0n) is 9.79. The third-order valence-electron chi connectivity index (χ3n) is 2.10. The molecule has 1 N–H and O–H groups in total. The molecule has 1 aromatic rings. The van der Waals surface area contributed by atoms with E-state index in [1.54, 1.807) is 0 Å². The van der Waals surface area contributed by atoms with E-state index in [1.165, 1.54) is 0 Å². The van der Waals surface area contributed by atoms with Crippen LogP contribution < -0.4 is 9.47 Å². The predicted molar refractivity (Wildman–Crippen MR) is 55.7 cm³/mol. The van der Waals surface area contributed by atoms with E-state index in [0.717, 1.165) is 12.1 Å². The first-order valence-corrected chi connectivity index (χ1v) is 5.22. The number of hydrogen-bond acceptors (Lipinski definition) is 3. The molecular formula is C11H9F5O4. The molecule has 4 nitrogen and oxygen atoms in total. The van der Waals surface area contributed by atoms with Crippen LogP contribution in [0.25, 0.3) is 0 Å². The Morgan fingerprint density at radius 1 is 1.30 bits per heavy atom. The maximum atomic E-state index is 12.2. The van der Waals surface area contributed by atoms with Crippen LogP contribution in [0.4, 0.5) is 22.0 Å². The van der Waals surface area contributed by atoms with Crippen LogP contribution in [0, 0.1) is 0 Å². The molecule has 0 radical (unpaired) electrons. The Hall–Kier alpha value is -2.06. The molecule has 0 bridgehead atoms. The standard InChI is InChI=1S/C11H9F5O4/c12-10(13)19-8-5-7(20-11(14,15)16)3-1-6(8)2-4-9(17)18/h1,3,5,10H,2,4H2,(H,17,18). The lowest BCUT2D eigenvalue weighted by Crippen LogP contribution is -2.17. The van der Waals surface area contributed by atoms with Crippen molar-refractivity contribution in [1.82, 2.24) is 0 Å². The van der Waals surface area contributed by atoms with Gasteiger partial charge in [0.2, 0.25) is 0 Å². The number of carboxylic acid groups (broad SMARTS) is 1. The summed E-state index contributed by atoms with van der Waals surface area (Å²) in [6.45, 7) is -3.25. The zero-order chi connectivity index (χ0) is 15.3. The van der Waals surface area contributed by atoms with Gasteiger partial charge in [0, 0.05) is 12.5 Å². The van der Waals surface area contributed by atoms with Crippen molar-refractivity contribution in [3.05, 3.63) is 23.8 Å². The Labute approximate surface area is 109 Å². The van der Waals surface area contributed by atoms with Crippen molar-refractivity contribution in [2.75, 3.05) is 0 Å². The molecule has 0 aromatic heterocycles. The minimum absolute atomic E-state index is 0.0437. The van der Waals surface area contributed by atoms with Crippen molar-refractivity contribution in [1.29, 1.82) is 0 Å². The lowest BCUT2D eigenvalue weighted by Gasteiger charge is -2.13. The van der Waals surface area contributed by atoms with Gasteiger partial charge in [0.15, 0.2) is 0 Å². The maximum Gasteiger partial charge on any atom is 0.573 e. The van der Waals surface area contributed by atoms with Gasteiger partial charge in [0.05, 0.1) is 0 Å². The Morgan fingerprint density at radius 2 is 1.95 bits per heavy atom. The normalized spacial score (nSPS) is 11.5. The summed E-state index contributed by atoms with van der Waals surface area (Å²) in [6, 6.07) is 2.57. The summed E-state index contributed by atoms with van der Waals surface area (Å²) >= 11 is 0. The van der Waals surface area contributed by atoms with E-state index < -0.39 is 30.4 Å². The lowest BCUT2D eigenvalue weighted by atomic mass is 10.1. The smallest absolute Gasteiger partial charge is 0.481 e. The Balaban J connectivity index is 2.96. The van der Waals surface area contributed by atoms with Crippen molar-refractivity contribution in [3.63, 3.8) is 0 Å². The SMILES string of the molecule is O=C(O)CCc1ccc(OC(F)(F)F)cc1OC(F)F. The molecule has 0 saturated carbocycles. The van der Waals surface area contributed by atoms with Crippen LogP contribution >= 0.6 is 0 Å². The number of carbonyl (C=O) groups is 1. The molecule has 0 heterocycles. The number of alkyl halides is 5. The summed E-state index contributed by atoms with van der Waals surface area (Å²) in [4.78, 5) is 10.4. The number of carboxylic acids is 1. The molecule has 0 unspecified atom stereocenters.